The van der Waals surface area contributed by atoms with Gasteiger partial charge in [-0.2, -0.15) is 0 Å². The number of hydrogen-bond donors (Lipinski definition) is 1. The number of nitrogens with one attached hydrogen (secondary N) is 1. The summed E-state index contributed by atoms with van der Waals surface area (Å²) < 4.78 is 41.9. The fraction of sp³-hybridized carbons (Fsp3) is 0.172. The van der Waals surface area contributed by atoms with E-state index in [1.807, 2.05) is 48.5 Å². The zero-order valence-electron chi connectivity index (χ0n) is 21.3. The SMILES string of the molecule is CS(=O)(=O)N(c1cc(F)cc(C(=O)Nc2cccnc2)c1)C1CN(C(c2ccc(Cl)cc2)c2ccc(Cl)cc2)C1. The van der Waals surface area contributed by atoms with Gasteiger partial charge >= 0.3 is 0 Å². The summed E-state index contributed by atoms with van der Waals surface area (Å²) in [4.78, 5) is 18.9. The maximum atomic E-state index is 14.7. The molecule has 1 aromatic heterocycles. The minimum Gasteiger partial charge on any atom is -0.321 e. The van der Waals surface area contributed by atoms with E-state index in [1.54, 1.807) is 18.3 Å². The number of hydrogen-bond acceptors (Lipinski definition) is 5. The summed E-state index contributed by atoms with van der Waals surface area (Å²) in [6.07, 6.45) is 4.10. The maximum Gasteiger partial charge on any atom is 0.255 e. The van der Waals surface area contributed by atoms with Crippen molar-refractivity contribution in [3.63, 3.8) is 0 Å². The number of anilines is 2. The van der Waals surface area contributed by atoms with Crippen LogP contribution in [0.5, 0.6) is 0 Å². The third-order valence-electron chi connectivity index (χ3n) is 6.63. The minimum absolute atomic E-state index is 0.0103. The van der Waals surface area contributed by atoms with Gasteiger partial charge in [-0.05, 0) is 65.7 Å². The van der Waals surface area contributed by atoms with Crippen molar-refractivity contribution in [1.29, 1.82) is 0 Å². The average molecular weight is 600 g/mol. The zero-order chi connectivity index (χ0) is 28.4. The van der Waals surface area contributed by atoms with E-state index in [4.69, 9.17) is 23.2 Å². The molecule has 0 aliphatic carbocycles. The molecule has 3 aromatic carbocycles. The van der Waals surface area contributed by atoms with Gasteiger partial charge < -0.3 is 5.32 Å². The van der Waals surface area contributed by atoms with Crippen LogP contribution in [0.1, 0.15) is 27.5 Å². The number of nitrogens with zero attached hydrogens (tertiary/aromatic N) is 3. The topological polar surface area (TPSA) is 82.6 Å². The molecule has 2 heterocycles. The molecule has 0 unspecified atom stereocenters. The summed E-state index contributed by atoms with van der Waals surface area (Å²) in [5.74, 6) is -1.30. The molecule has 1 aliphatic rings. The molecule has 40 heavy (non-hydrogen) atoms. The number of benzene rings is 3. The normalized spacial score (nSPS) is 14.1. The third kappa shape index (κ3) is 6.28. The van der Waals surface area contributed by atoms with E-state index in [-0.39, 0.29) is 17.3 Å². The van der Waals surface area contributed by atoms with Gasteiger partial charge in [0, 0.05) is 34.9 Å². The molecule has 1 amide bonds. The highest BCUT2D eigenvalue weighted by atomic mass is 35.5. The van der Waals surface area contributed by atoms with Crippen LogP contribution in [0.3, 0.4) is 0 Å². The third-order valence-corrected chi connectivity index (χ3v) is 8.36. The Morgan fingerprint density at radius 3 is 2.12 bits per heavy atom. The van der Waals surface area contributed by atoms with Crippen LogP contribution in [0.2, 0.25) is 10.0 Å². The molecule has 11 heteroatoms. The van der Waals surface area contributed by atoms with Crippen molar-refractivity contribution in [1.82, 2.24) is 9.88 Å². The molecule has 1 aliphatic heterocycles. The Hall–Kier alpha value is -3.50. The molecule has 5 rings (SSSR count). The number of pyridine rings is 1. The number of amides is 1. The van der Waals surface area contributed by atoms with Crippen LogP contribution in [0.15, 0.2) is 91.3 Å². The lowest BCUT2D eigenvalue weighted by Gasteiger charge is -2.48. The summed E-state index contributed by atoms with van der Waals surface area (Å²) in [5, 5.41) is 3.87. The minimum atomic E-state index is -3.82. The van der Waals surface area contributed by atoms with Crippen LogP contribution >= 0.6 is 23.2 Å². The number of aromatic nitrogens is 1. The van der Waals surface area contributed by atoms with Gasteiger partial charge in [0.1, 0.15) is 5.82 Å². The largest absolute Gasteiger partial charge is 0.321 e. The van der Waals surface area contributed by atoms with Crippen molar-refractivity contribution < 1.29 is 17.6 Å². The van der Waals surface area contributed by atoms with Gasteiger partial charge in [0.25, 0.3) is 5.91 Å². The first-order chi connectivity index (χ1) is 19.1. The Morgan fingerprint density at radius 1 is 1.00 bits per heavy atom. The van der Waals surface area contributed by atoms with Crippen molar-refractivity contribution in [2.75, 3.05) is 29.0 Å². The van der Waals surface area contributed by atoms with Gasteiger partial charge in [0.15, 0.2) is 0 Å². The van der Waals surface area contributed by atoms with Crippen molar-refractivity contribution in [3.05, 3.63) is 124 Å². The van der Waals surface area contributed by atoms with Gasteiger partial charge in [-0.1, -0.05) is 47.5 Å². The maximum absolute atomic E-state index is 14.7. The van der Waals surface area contributed by atoms with Crippen LogP contribution in [0.25, 0.3) is 0 Å². The Morgan fingerprint density at radius 2 is 1.60 bits per heavy atom. The first-order valence-corrected chi connectivity index (χ1v) is 15.0. The van der Waals surface area contributed by atoms with Crippen LogP contribution in [0.4, 0.5) is 15.8 Å². The first kappa shape index (κ1) is 28.0. The van der Waals surface area contributed by atoms with Crippen LogP contribution in [-0.4, -0.2) is 49.6 Å². The second-order valence-electron chi connectivity index (χ2n) is 9.57. The molecule has 0 spiro atoms. The van der Waals surface area contributed by atoms with Crippen molar-refractivity contribution in [2.24, 2.45) is 0 Å². The van der Waals surface area contributed by atoms with Crippen LogP contribution in [-0.2, 0) is 10.0 Å². The molecule has 1 fully saturated rings. The molecule has 7 nitrogen and oxygen atoms in total. The van der Waals surface area contributed by atoms with Gasteiger partial charge in [0.05, 0.1) is 35.9 Å². The quantitative estimate of drug-likeness (QED) is 0.268. The van der Waals surface area contributed by atoms with E-state index in [0.29, 0.717) is 28.8 Å². The van der Waals surface area contributed by atoms with E-state index < -0.39 is 27.8 Å². The van der Waals surface area contributed by atoms with Crippen molar-refractivity contribution in [2.45, 2.75) is 12.1 Å². The zero-order valence-corrected chi connectivity index (χ0v) is 23.7. The monoisotopic (exact) mass is 598 g/mol. The molecule has 0 bridgehead atoms. The van der Waals surface area contributed by atoms with Gasteiger partial charge in [-0.25, -0.2) is 12.8 Å². The summed E-state index contributed by atoms with van der Waals surface area (Å²) >= 11 is 12.2. The summed E-state index contributed by atoms with van der Waals surface area (Å²) in [5.41, 5.74) is 2.47. The van der Waals surface area contributed by atoms with Gasteiger partial charge in [-0.15, -0.1) is 0 Å². The van der Waals surface area contributed by atoms with E-state index in [9.17, 15) is 17.6 Å². The Labute approximate surface area is 242 Å². The Balaban J connectivity index is 1.42. The lowest BCUT2D eigenvalue weighted by Crippen LogP contribution is -2.61. The Bertz CT molecular complexity index is 1570. The molecule has 1 saturated heterocycles. The second-order valence-corrected chi connectivity index (χ2v) is 12.3. The fourth-order valence-corrected chi connectivity index (χ4v) is 6.31. The molecule has 206 valence electrons. The van der Waals surface area contributed by atoms with E-state index in [2.05, 4.69) is 15.2 Å². The summed E-state index contributed by atoms with van der Waals surface area (Å²) in [6, 6.07) is 21.2. The standard InChI is InChI=1S/C29H25Cl2FN4O3S/c1-40(38,39)36(26-14-21(13-24(32)15-26)29(37)34-25-3-2-12-33-16-25)27-17-35(18-27)28(19-4-8-22(30)9-5-19)20-6-10-23(31)11-7-20/h2-16,27-28H,17-18H2,1H3,(H,34,37). The molecule has 0 radical (unpaired) electrons. The second kappa shape index (κ2) is 11.5. The molecule has 0 saturated carbocycles. The molecule has 0 atom stereocenters. The number of carbonyl (C=O) groups is 1. The number of halogens is 3. The highest BCUT2D eigenvalue weighted by molar-refractivity contribution is 7.92. The summed E-state index contributed by atoms with van der Waals surface area (Å²) in [7, 11) is -3.82. The average Bonchev–Trinajstić information content (AvgIpc) is 2.88. The number of sulfonamides is 1. The fourth-order valence-electron chi connectivity index (χ4n) is 4.90. The molecular formula is C29H25Cl2FN4O3S. The smallest absolute Gasteiger partial charge is 0.255 e. The van der Waals surface area contributed by atoms with Crippen molar-refractivity contribution >= 4 is 50.5 Å². The Kier molecular flexibility index (Phi) is 8.09. The molecule has 4 aromatic rings. The predicted octanol–water partition coefficient (Wildman–Crippen LogP) is 6.02. The number of likely N-dealkylation sites (tertiary alicyclic amines) is 1. The molecular weight excluding hydrogens is 574 g/mol. The van der Waals surface area contributed by atoms with Gasteiger partial charge in [0.2, 0.25) is 10.0 Å². The number of rotatable bonds is 8. The lowest BCUT2D eigenvalue weighted by atomic mass is 9.93. The van der Waals surface area contributed by atoms with Crippen molar-refractivity contribution in [3.8, 4) is 0 Å². The lowest BCUT2D eigenvalue weighted by molar-refractivity contribution is 0.102. The molecule has 1 N–H and O–H groups in total. The highest BCUT2D eigenvalue weighted by Crippen LogP contribution is 2.37. The van der Waals surface area contributed by atoms with Gasteiger partial charge in [-0.3, -0.25) is 19.0 Å². The highest BCUT2D eigenvalue weighted by Gasteiger charge is 2.41. The van der Waals surface area contributed by atoms with E-state index in [0.717, 1.165) is 29.5 Å². The number of carbonyl (C=O) groups excluding carboxylic acids is 1. The van der Waals surface area contributed by atoms with E-state index in [1.165, 1.54) is 16.6 Å². The van der Waals surface area contributed by atoms with E-state index >= 15 is 0 Å². The first-order valence-electron chi connectivity index (χ1n) is 12.3. The van der Waals surface area contributed by atoms with Crippen LogP contribution < -0.4 is 9.62 Å². The predicted molar refractivity (Wildman–Crippen MR) is 156 cm³/mol. The summed E-state index contributed by atoms with van der Waals surface area (Å²) in [6.45, 7) is 0.743. The van der Waals surface area contributed by atoms with Crippen LogP contribution in [0, 0.1) is 5.82 Å².